The maximum Gasteiger partial charge on any atom is 0.266 e. The first kappa shape index (κ1) is 26.0. The van der Waals surface area contributed by atoms with Gasteiger partial charge in [-0.2, -0.15) is 0 Å². The second-order valence-corrected chi connectivity index (χ2v) is 9.50. The minimum absolute atomic E-state index is 0.198. The molecule has 0 aliphatic carbocycles. The minimum Gasteiger partial charge on any atom is -0.324 e. The number of halogens is 1. The van der Waals surface area contributed by atoms with Crippen LogP contribution >= 0.6 is 0 Å². The van der Waals surface area contributed by atoms with Crippen LogP contribution in [0.1, 0.15) is 53.6 Å². The van der Waals surface area contributed by atoms with Crippen LogP contribution in [0.2, 0.25) is 0 Å². The van der Waals surface area contributed by atoms with Crippen molar-refractivity contribution in [2.24, 2.45) is 0 Å². The Kier molecular flexibility index (Phi) is 7.64. The minimum atomic E-state index is -0.566. The largest absolute Gasteiger partial charge is 0.324 e. The molecule has 4 aromatic carbocycles. The van der Waals surface area contributed by atoms with Crippen molar-refractivity contribution in [3.63, 3.8) is 0 Å². The lowest BCUT2D eigenvalue weighted by atomic mass is 10.1. The first-order valence-corrected chi connectivity index (χ1v) is 13.2. The third-order valence-electron chi connectivity index (χ3n) is 6.99. The van der Waals surface area contributed by atoms with Crippen LogP contribution in [0.5, 0.6) is 0 Å². The van der Waals surface area contributed by atoms with Crippen molar-refractivity contribution in [3.8, 4) is 5.69 Å². The van der Waals surface area contributed by atoms with E-state index in [1.807, 2.05) is 79.7 Å². The zero-order valence-electron chi connectivity index (χ0n) is 22.0. The number of carbonyl (C=O) groups excluding carboxylic acids is 1. The van der Waals surface area contributed by atoms with E-state index in [-0.39, 0.29) is 23.6 Å². The number of benzene rings is 4. The number of rotatable bonds is 8. The Hall–Kier alpha value is -4.58. The van der Waals surface area contributed by atoms with E-state index in [4.69, 9.17) is 4.98 Å². The second-order valence-electron chi connectivity index (χ2n) is 9.50. The van der Waals surface area contributed by atoms with Gasteiger partial charge in [0.1, 0.15) is 11.6 Å². The van der Waals surface area contributed by atoms with E-state index in [1.165, 1.54) is 18.2 Å². The molecule has 5 nitrogen and oxygen atoms in total. The van der Waals surface area contributed by atoms with Gasteiger partial charge in [0.25, 0.3) is 11.5 Å². The third-order valence-corrected chi connectivity index (χ3v) is 6.99. The van der Waals surface area contributed by atoms with E-state index < -0.39 is 11.9 Å². The molecule has 1 aromatic heterocycles. The van der Waals surface area contributed by atoms with Crippen LogP contribution in [-0.2, 0) is 13.0 Å². The number of amides is 1. The molecular weight excluding hydrogens is 489 g/mol. The van der Waals surface area contributed by atoms with Gasteiger partial charge in [-0.15, -0.1) is 0 Å². The Labute approximate surface area is 227 Å². The summed E-state index contributed by atoms with van der Waals surface area (Å²) in [5, 5.41) is 0.502. The molecule has 1 heterocycles. The van der Waals surface area contributed by atoms with Gasteiger partial charge in [0.05, 0.1) is 22.6 Å². The molecule has 0 N–H and O–H groups in total. The topological polar surface area (TPSA) is 55.2 Å². The molecule has 0 bridgehead atoms. The van der Waals surface area contributed by atoms with Crippen LogP contribution in [0.4, 0.5) is 4.39 Å². The van der Waals surface area contributed by atoms with Crippen molar-refractivity contribution in [1.29, 1.82) is 0 Å². The maximum atomic E-state index is 14.2. The SMILES string of the molecule is CCc1ccc(-n2c(C(CC)N(Cc3ccccc3)C(=O)c3cccc(F)c3)nc3ccccc3c2=O)cc1. The standard InChI is InChI=1S/C33H30FN3O2/c1-3-23-17-19-27(20-18-23)37-31(35-29-16-9-8-15-28(29)33(37)39)30(4-2)36(22-24-11-6-5-7-12-24)32(38)25-13-10-14-26(34)21-25/h5-21,30H,3-4,22H2,1-2H3. The molecule has 0 radical (unpaired) electrons. The molecule has 0 saturated carbocycles. The summed E-state index contributed by atoms with van der Waals surface area (Å²) in [5.74, 6) is -0.350. The Morgan fingerprint density at radius 1 is 0.872 bits per heavy atom. The van der Waals surface area contributed by atoms with Gasteiger partial charge in [-0.25, -0.2) is 9.37 Å². The number of hydrogen-bond acceptors (Lipinski definition) is 3. The van der Waals surface area contributed by atoms with E-state index in [2.05, 4.69) is 6.92 Å². The van der Waals surface area contributed by atoms with Crippen LogP contribution in [-0.4, -0.2) is 20.4 Å². The summed E-state index contributed by atoms with van der Waals surface area (Å²) in [6.07, 6.45) is 1.37. The summed E-state index contributed by atoms with van der Waals surface area (Å²) in [6, 6.07) is 29.9. The van der Waals surface area contributed by atoms with Gasteiger partial charge in [-0.3, -0.25) is 14.2 Å². The Morgan fingerprint density at radius 3 is 2.28 bits per heavy atom. The summed E-state index contributed by atoms with van der Waals surface area (Å²) >= 11 is 0. The van der Waals surface area contributed by atoms with E-state index in [0.29, 0.717) is 28.8 Å². The highest BCUT2D eigenvalue weighted by molar-refractivity contribution is 5.94. The summed E-state index contributed by atoms with van der Waals surface area (Å²) < 4.78 is 15.8. The van der Waals surface area contributed by atoms with Crippen molar-refractivity contribution in [3.05, 3.63) is 142 Å². The van der Waals surface area contributed by atoms with Crippen LogP contribution in [0, 0.1) is 5.82 Å². The number of carbonyl (C=O) groups is 1. The van der Waals surface area contributed by atoms with Crippen molar-refractivity contribution >= 4 is 16.8 Å². The summed E-state index contributed by atoms with van der Waals surface area (Å²) in [7, 11) is 0. The number of aromatic nitrogens is 2. The quantitative estimate of drug-likeness (QED) is 0.225. The molecule has 1 amide bonds. The van der Waals surface area contributed by atoms with Crippen LogP contribution in [0.25, 0.3) is 16.6 Å². The fraction of sp³-hybridized carbons (Fsp3) is 0.182. The zero-order chi connectivity index (χ0) is 27.4. The van der Waals surface area contributed by atoms with Gasteiger partial charge in [0, 0.05) is 12.1 Å². The normalized spacial score (nSPS) is 11.9. The Morgan fingerprint density at radius 2 is 1.59 bits per heavy atom. The van der Waals surface area contributed by atoms with Gasteiger partial charge >= 0.3 is 0 Å². The van der Waals surface area contributed by atoms with Gasteiger partial charge in [-0.05, 0) is 66.4 Å². The van der Waals surface area contributed by atoms with Crippen molar-refractivity contribution in [2.75, 3.05) is 0 Å². The first-order chi connectivity index (χ1) is 19.0. The lowest BCUT2D eigenvalue weighted by Crippen LogP contribution is -2.38. The molecule has 1 unspecified atom stereocenters. The maximum absolute atomic E-state index is 14.2. The molecule has 196 valence electrons. The summed E-state index contributed by atoms with van der Waals surface area (Å²) in [4.78, 5) is 34.6. The highest BCUT2D eigenvalue weighted by Gasteiger charge is 2.30. The van der Waals surface area contributed by atoms with Gasteiger partial charge in [0.15, 0.2) is 0 Å². The van der Waals surface area contributed by atoms with E-state index in [1.54, 1.807) is 21.6 Å². The predicted molar refractivity (Wildman–Crippen MR) is 152 cm³/mol. The number of fused-ring (bicyclic) bond motifs is 1. The molecule has 0 fully saturated rings. The monoisotopic (exact) mass is 519 g/mol. The number of hydrogen-bond donors (Lipinski definition) is 0. The first-order valence-electron chi connectivity index (χ1n) is 13.2. The lowest BCUT2D eigenvalue weighted by Gasteiger charge is -2.32. The van der Waals surface area contributed by atoms with Crippen molar-refractivity contribution in [1.82, 2.24) is 14.5 Å². The summed E-state index contributed by atoms with van der Waals surface area (Å²) in [5.41, 5.74) is 3.36. The van der Waals surface area contributed by atoms with Crippen molar-refractivity contribution in [2.45, 2.75) is 39.3 Å². The number of aryl methyl sites for hydroxylation is 1. The Bertz CT molecular complexity index is 1660. The van der Waals surface area contributed by atoms with Crippen molar-refractivity contribution < 1.29 is 9.18 Å². The van der Waals surface area contributed by atoms with Crippen LogP contribution in [0.15, 0.2) is 108 Å². The zero-order valence-corrected chi connectivity index (χ0v) is 22.0. The van der Waals surface area contributed by atoms with E-state index >= 15 is 0 Å². The highest BCUT2D eigenvalue weighted by atomic mass is 19.1. The molecule has 1 atom stereocenters. The average molecular weight is 520 g/mol. The lowest BCUT2D eigenvalue weighted by molar-refractivity contribution is 0.0640. The van der Waals surface area contributed by atoms with E-state index in [9.17, 15) is 14.0 Å². The predicted octanol–water partition coefficient (Wildman–Crippen LogP) is 6.88. The van der Waals surface area contributed by atoms with Gasteiger partial charge in [-0.1, -0.05) is 74.5 Å². The Balaban J connectivity index is 1.73. The molecular formula is C33H30FN3O2. The molecule has 39 heavy (non-hydrogen) atoms. The van der Waals surface area contributed by atoms with Gasteiger partial charge in [0.2, 0.25) is 0 Å². The summed E-state index contributed by atoms with van der Waals surface area (Å²) in [6.45, 7) is 4.32. The van der Waals surface area contributed by atoms with E-state index in [0.717, 1.165) is 17.5 Å². The number of para-hydroxylation sites is 1. The number of nitrogens with zero attached hydrogens (tertiary/aromatic N) is 3. The molecule has 0 spiro atoms. The molecule has 5 aromatic rings. The van der Waals surface area contributed by atoms with Crippen LogP contribution < -0.4 is 5.56 Å². The molecule has 0 saturated heterocycles. The molecule has 6 heteroatoms. The van der Waals surface area contributed by atoms with Gasteiger partial charge < -0.3 is 4.90 Å². The second kappa shape index (κ2) is 11.4. The molecule has 5 rings (SSSR count). The smallest absolute Gasteiger partial charge is 0.266 e. The van der Waals surface area contributed by atoms with Crippen LogP contribution in [0.3, 0.4) is 0 Å². The fourth-order valence-electron chi connectivity index (χ4n) is 4.94. The molecule has 0 aliphatic rings. The average Bonchev–Trinajstić information content (AvgIpc) is 2.97. The fourth-order valence-corrected chi connectivity index (χ4v) is 4.94. The molecule has 0 aliphatic heterocycles. The highest BCUT2D eigenvalue weighted by Crippen LogP contribution is 2.29. The third kappa shape index (κ3) is 5.36.